The molecule has 1 saturated heterocycles. The van der Waals surface area contributed by atoms with Gasteiger partial charge in [0.05, 0.1) is 29.1 Å². The van der Waals surface area contributed by atoms with E-state index < -0.39 is 17.2 Å². The predicted molar refractivity (Wildman–Crippen MR) is 123 cm³/mol. The van der Waals surface area contributed by atoms with Gasteiger partial charge in [0.1, 0.15) is 5.69 Å². The summed E-state index contributed by atoms with van der Waals surface area (Å²) in [5.74, 6) is -1.06. The average Bonchev–Trinajstić information content (AvgIpc) is 3.38. The quantitative estimate of drug-likeness (QED) is 0.599. The zero-order valence-electron chi connectivity index (χ0n) is 18.6. The Balaban J connectivity index is 1.48. The minimum Gasteiger partial charge on any atom is -0.383 e. The van der Waals surface area contributed by atoms with Crippen molar-refractivity contribution in [3.63, 3.8) is 0 Å². The Morgan fingerprint density at radius 2 is 2.00 bits per heavy atom. The van der Waals surface area contributed by atoms with E-state index in [2.05, 4.69) is 10.3 Å². The molecule has 0 atom stereocenters. The van der Waals surface area contributed by atoms with Gasteiger partial charge in [-0.2, -0.15) is 0 Å². The number of hydrogen-bond donors (Lipinski definition) is 2. The van der Waals surface area contributed by atoms with Crippen LogP contribution in [0, 0.1) is 5.41 Å². The maximum Gasteiger partial charge on any atom is 0.272 e. The number of carbonyl (C=O) groups is 3. The second-order valence-corrected chi connectivity index (χ2v) is 9.04. The summed E-state index contributed by atoms with van der Waals surface area (Å²) >= 11 is 6.33. The topological polar surface area (TPSA) is 120 Å². The van der Waals surface area contributed by atoms with E-state index in [0.29, 0.717) is 50.4 Å². The van der Waals surface area contributed by atoms with Crippen molar-refractivity contribution >= 4 is 35.0 Å². The van der Waals surface area contributed by atoms with Crippen LogP contribution in [0.4, 0.5) is 5.69 Å². The van der Waals surface area contributed by atoms with Crippen LogP contribution in [0.1, 0.15) is 59.1 Å². The zero-order valence-corrected chi connectivity index (χ0v) is 19.3. The number of aromatic nitrogens is 2. The van der Waals surface area contributed by atoms with E-state index in [1.165, 1.54) is 13.4 Å². The SMILES string of the molecule is COCCNC(=O)c1ncn(C2CCC3(CC2)CCN(c2ccccc2Cl)C3=O)c1C(N)=O. The molecule has 3 amide bonds. The van der Waals surface area contributed by atoms with E-state index in [1.807, 2.05) is 18.2 Å². The molecule has 1 spiro atoms. The fourth-order valence-corrected chi connectivity index (χ4v) is 5.25. The lowest BCUT2D eigenvalue weighted by molar-refractivity contribution is -0.127. The molecule has 1 aliphatic heterocycles. The number of carbonyl (C=O) groups excluding carboxylic acids is 3. The standard InChI is InChI=1S/C23H28ClN5O4/c1-33-13-11-26-21(31)18-19(20(25)30)29(14-27-18)15-6-8-23(9-7-15)10-12-28(22(23)32)17-5-3-2-4-16(17)24/h2-5,14-15H,6-13H2,1H3,(H2,25,30)(H,26,31). The van der Waals surface area contributed by atoms with Gasteiger partial charge in [0.25, 0.3) is 11.8 Å². The summed E-state index contributed by atoms with van der Waals surface area (Å²) in [6, 6.07) is 7.33. The van der Waals surface area contributed by atoms with Crippen LogP contribution in [0.15, 0.2) is 30.6 Å². The van der Waals surface area contributed by atoms with Crippen LogP contribution in [0.25, 0.3) is 0 Å². The van der Waals surface area contributed by atoms with Crippen molar-refractivity contribution in [1.29, 1.82) is 0 Å². The number of nitrogens with two attached hydrogens (primary N) is 1. The summed E-state index contributed by atoms with van der Waals surface area (Å²) in [6.45, 7) is 1.29. The molecular formula is C23H28ClN5O4. The third-order valence-corrected chi connectivity index (χ3v) is 7.12. The van der Waals surface area contributed by atoms with E-state index >= 15 is 0 Å². The maximum atomic E-state index is 13.4. The van der Waals surface area contributed by atoms with Gasteiger partial charge in [0, 0.05) is 26.2 Å². The van der Waals surface area contributed by atoms with Crippen molar-refractivity contribution in [2.24, 2.45) is 11.1 Å². The summed E-state index contributed by atoms with van der Waals surface area (Å²) in [4.78, 5) is 44.0. The number of halogens is 1. The summed E-state index contributed by atoms with van der Waals surface area (Å²) in [7, 11) is 1.54. The van der Waals surface area contributed by atoms with Crippen molar-refractivity contribution in [3.8, 4) is 0 Å². The Bertz CT molecular complexity index is 1060. The number of anilines is 1. The van der Waals surface area contributed by atoms with Crippen LogP contribution in [0.2, 0.25) is 5.02 Å². The van der Waals surface area contributed by atoms with E-state index in [9.17, 15) is 14.4 Å². The van der Waals surface area contributed by atoms with Crippen LogP contribution < -0.4 is 16.0 Å². The van der Waals surface area contributed by atoms with Gasteiger partial charge >= 0.3 is 0 Å². The molecule has 0 unspecified atom stereocenters. The first kappa shape index (κ1) is 23.3. The lowest BCUT2D eigenvalue weighted by atomic mass is 9.71. The van der Waals surface area contributed by atoms with E-state index in [4.69, 9.17) is 22.1 Å². The molecule has 10 heteroatoms. The highest BCUT2D eigenvalue weighted by atomic mass is 35.5. The van der Waals surface area contributed by atoms with E-state index in [1.54, 1.807) is 15.5 Å². The number of rotatable bonds is 7. The van der Waals surface area contributed by atoms with Crippen molar-refractivity contribution in [2.75, 3.05) is 31.7 Å². The number of methoxy groups -OCH3 is 1. The highest BCUT2D eigenvalue weighted by Crippen LogP contribution is 2.49. The molecule has 1 aromatic carbocycles. The third kappa shape index (κ3) is 4.35. The normalized spacial score (nSPS) is 22.7. The minimum atomic E-state index is -0.702. The van der Waals surface area contributed by atoms with Crippen LogP contribution in [-0.2, 0) is 9.53 Å². The molecular weight excluding hydrogens is 446 g/mol. The lowest BCUT2D eigenvalue weighted by Crippen LogP contribution is -2.38. The molecule has 9 nitrogen and oxygen atoms in total. The van der Waals surface area contributed by atoms with Crippen molar-refractivity contribution in [2.45, 2.75) is 38.1 Å². The summed E-state index contributed by atoms with van der Waals surface area (Å²) in [5, 5.41) is 3.24. The fraction of sp³-hybridized carbons (Fsp3) is 0.478. The molecule has 3 N–H and O–H groups in total. The maximum absolute atomic E-state index is 13.4. The Labute approximate surface area is 197 Å². The first-order valence-electron chi connectivity index (χ1n) is 11.1. The summed E-state index contributed by atoms with van der Waals surface area (Å²) in [5.41, 5.74) is 6.05. The smallest absolute Gasteiger partial charge is 0.272 e. The molecule has 2 heterocycles. The van der Waals surface area contributed by atoms with Crippen molar-refractivity contribution < 1.29 is 19.1 Å². The first-order valence-corrected chi connectivity index (χ1v) is 11.5. The Morgan fingerprint density at radius 3 is 2.67 bits per heavy atom. The average molecular weight is 474 g/mol. The third-order valence-electron chi connectivity index (χ3n) is 6.80. The highest BCUT2D eigenvalue weighted by molar-refractivity contribution is 6.34. The number of nitrogens with zero attached hydrogens (tertiary/aromatic N) is 3. The van der Waals surface area contributed by atoms with Crippen LogP contribution in [0.5, 0.6) is 0 Å². The number of nitrogens with one attached hydrogen (secondary N) is 1. The van der Waals surface area contributed by atoms with E-state index in [0.717, 1.165) is 12.1 Å². The number of amides is 3. The number of benzene rings is 1. The van der Waals surface area contributed by atoms with Crippen LogP contribution >= 0.6 is 11.6 Å². The van der Waals surface area contributed by atoms with Crippen LogP contribution in [0.3, 0.4) is 0 Å². The molecule has 4 rings (SSSR count). The molecule has 2 fully saturated rings. The van der Waals surface area contributed by atoms with Gasteiger partial charge in [-0.15, -0.1) is 0 Å². The molecule has 2 aromatic rings. The lowest BCUT2D eigenvalue weighted by Gasteiger charge is -2.36. The van der Waals surface area contributed by atoms with Crippen molar-refractivity contribution in [3.05, 3.63) is 47.0 Å². The van der Waals surface area contributed by atoms with Crippen molar-refractivity contribution in [1.82, 2.24) is 14.9 Å². The molecule has 1 saturated carbocycles. The Morgan fingerprint density at radius 1 is 1.27 bits per heavy atom. The van der Waals surface area contributed by atoms with Gasteiger partial charge < -0.3 is 25.3 Å². The predicted octanol–water partition coefficient (Wildman–Crippen LogP) is 2.55. The monoisotopic (exact) mass is 473 g/mol. The highest BCUT2D eigenvalue weighted by Gasteiger charge is 2.49. The fourth-order valence-electron chi connectivity index (χ4n) is 5.02. The molecule has 1 aliphatic carbocycles. The van der Waals surface area contributed by atoms with Gasteiger partial charge in [-0.1, -0.05) is 23.7 Å². The van der Waals surface area contributed by atoms with Gasteiger partial charge in [-0.3, -0.25) is 14.4 Å². The largest absolute Gasteiger partial charge is 0.383 e. The zero-order chi connectivity index (χ0) is 23.6. The number of para-hydroxylation sites is 1. The number of primary amides is 1. The number of hydrogen-bond acceptors (Lipinski definition) is 5. The van der Waals surface area contributed by atoms with Gasteiger partial charge in [-0.05, 0) is 44.2 Å². The summed E-state index contributed by atoms with van der Waals surface area (Å²) < 4.78 is 6.63. The number of imidazole rings is 1. The summed E-state index contributed by atoms with van der Waals surface area (Å²) in [6.07, 6.45) is 5.00. The molecule has 2 aliphatic rings. The van der Waals surface area contributed by atoms with Gasteiger partial charge in [0.2, 0.25) is 5.91 Å². The van der Waals surface area contributed by atoms with Gasteiger partial charge in [-0.25, -0.2) is 4.98 Å². The minimum absolute atomic E-state index is 0.0146. The van der Waals surface area contributed by atoms with Gasteiger partial charge in [0.15, 0.2) is 5.69 Å². The molecule has 176 valence electrons. The second-order valence-electron chi connectivity index (χ2n) is 8.63. The second kappa shape index (κ2) is 9.52. The Kier molecular flexibility index (Phi) is 6.71. The van der Waals surface area contributed by atoms with E-state index in [-0.39, 0.29) is 23.3 Å². The molecule has 0 radical (unpaired) electrons. The van der Waals surface area contributed by atoms with Crippen LogP contribution in [-0.4, -0.2) is 54.1 Å². The molecule has 1 aromatic heterocycles. The number of ether oxygens (including phenoxy) is 1. The first-order chi connectivity index (χ1) is 15.9. The molecule has 0 bridgehead atoms. The Hall–Kier alpha value is -2.91. The molecule has 33 heavy (non-hydrogen) atoms.